The standard InChI is InChI=1S/C8H11NO3/c1-8(2)3-5(10)7(9-12)6(11)4-8/h12H,3-4H2,1-2H3. The van der Waals surface area contributed by atoms with Crippen LogP contribution in [0.25, 0.3) is 0 Å². The average molecular weight is 169 g/mol. The molecule has 66 valence electrons. The molecule has 1 N–H and O–H groups in total. The fourth-order valence-corrected chi connectivity index (χ4v) is 1.37. The van der Waals surface area contributed by atoms with Crippen molar-refractivity contribution in [2.75, 3.05) is 0 Å². The van der Waals surface area contributed by atoms with Gasteiger partial charge in [0.05, 0.1) is 0 Å². The van der Waals surface area contributed by atoms with E-state index in [2.05, 4.69) is 5.16 Å². The maximum atomic E-state index is 11.1. The van der Waals surface area contributed by atoms with E-state index in [1.54, 1.807) is 0 Å². The van der Waals surface area contributed by atoms with Crippen molar-refractivity contribution >= 4 is 17.3 Å². The Kier molecular flexibility index (Phi) is 2.00. The van der Waals surface area contributed by atoms with Crippen LogP contribution >= 0.6 is 0 Å². The van der Waals surface area contributed by atoms with Gasteiger partial charge in [0.2, 0.25) is 0 Å². The first-order chi connectivity index (χ1) is 5.46. The lowest BCUT2D eigenvalue weighted by molar-refractivity contribution is -0.122. The van der Waals surface area contributed by atoms with E-state index in [0.29, 0.717) is 0 Å². The Bertz CT molecular complexity index is 243. The fraction of sp³-hybridized carbons (Fsp3) is 0.625. The monoisotopic (exact) mass is 169 g/mol. The molecule has 0 bridgehead atoms. The minimum absolute atomic E-state index is 0.276. The first kappa shape index (κ1) is 8.90. The van der Waals surface area contributed by atoms with Crippen molar-refractivity contribution in [2.45, 2.75) is 26.7 Å². The SMILES string of the molecule is CC1(C)CC(=O)C(=NO)C(=O)C1. The van der Waals surface area contributed by atoms with E-state index in [0.717, 1.165) is 0 Å². The molecule has 0 spiro atoms. The molecule has 1 aliphatic rings. The highest BCUT2D eigenvalue weighted by Crippen LogP contribution is 2.30. The highest BCUT2D eigenvalue weighted by atomic mass is 16.4. The summed E-state index contributed by atoms with van der Waals surface area (Å²) in [4.78, 5) is 22.3. The van der Waals surface area contributed by atoms with Crippen LogP contribution in [0.4, 0.5) is 0 Å². The minimum Gasteiger partial charge on any atom is -0.410 e. The summed E-state index contributed by atoms with van der Waals surface area (Å²) in [6, 6.07) is 0. The van der Waals surface area contributed by atoms with Crippen molar-refractivity contribution in [1.29, 1.82) is 0 Å². The van der Waals surface area contributed by atoms with Crippen LogP contribution in [-0.4, -0.2) is 22.5 Å². The van der Waals surface area contributed by atoms with E-state index >= 15 is 0 Å². The van der Waals surface area contributed by atoms with Gasteiger partial charge in [-0.25, -0.2) is 0 Å². The van der Waals surface area contributed by atoms with Gasteiger partial charge in [-0.15, -0.1) is 0 Å². The lowest BCUT2D eigenvalue weighted by Gasteiger charge is -2.26. The van der Waals surface area contributed by atoms with Gasteiger partial charge in [-0.2, -0.15) is 0 Å². The predicted octanol–water partition coefficient (Wildman–Crippen LogP) is 0.775. The van der Waals surface area contributed by atoms with Crippen LogP contribution in [0.1, 0.15) is 26.7 Å². The van der Waals surface area contributed by atoms with E-state index in [-0.39, 0.29) is 35.5 Å². The molecule has 0 heterocycles. The van der Waals surface area contributed by atoms with Crippen molar-refractivity contribution in [3.05, 3.63) is 0 Å². The largest absolute Gasteiger partial charge is 0.410 e. The van der Waals surface area contributed by atoms with Gasteiger partial charge in [0.1, 0.15) is 0 Å². The van der Waals surface area contributed by atoms with Crippen LogP contribution in [0.2, 0.25) is 0 Å². The number of hydrogen-bond acceptors (Lipinski definition) is 4. The highest BCUT2D eigenvalue weighted by molar-refractivity contribution is 6.67. The third-order valence-electron chi connectivity index (χ3n) is 1.91. The van der Waals surface area contributed by atoms with Crippen molar-refractivity contribution in [3.63, 3.8) is 0 Å². The third-order valence-corrected chi connectivity index (χ3v) is 1.91. The van der Waals surface area contributed by atoms with E-state index in [1.807, 2.05) is 13.8 Å². The van der Waals surface area contributed by atoms with Gasteiger partial charge >= 0.3 is 0 Å². The van der Waals surface area contributed by atoms with Gasteiger partial charge < -0.3 is 5.21 Å². The van der Waals surface area contributed by atoms with E-state index in [9.17, 15) is 9.59 Å². The molecular weight excluding hydrogens is 158 g/mol. The van der Waals surface area contributed by atoms with E-state index in [4.69, 9.17) is 5.21 Å². The number of nitrogens with zero attached hydrogens (tertiary/aromatic N) is 1. The molecule has 0 aliphatic heterocycles. The van der Waals surface area contributed by atoms with E-state index < -0.39 is 0 Å². The summed E-state index contributed by atoms with van der Waals surface area (Å²) in [7, 11) is 0. The molecule has 1 aliphatic carbocycles. The number of rotatable bonds is 0. The molecule has 1 fully saturated rings. The number of carbonyl (C=O) groups is 2. The number of hydrogen-bond donors (Lipinski definition) is 1. The molecule has 0 saturated heterocycles. The molecule has 0 radical (unpaired) electrons. The summed E-state index contributed by atoms with van der Waals surface area (Å²) in [6.07, 6.45) is 0.552. The Labute approximate surface area is 70.3 Å². The Hall–Kier alpha value is -1.19. The summed E-state index contributed by atoms with van der Waals surface area (Å²) in [6.45, 7) is 3.69. The second-order valence-corrected chi connectivity index (χ2v) is 3.81. The second kappa shape index (κ2) is 2.69. The smallest absolute Gasteiger partial charge is 0.188 e. The number of carbonyl (C=O) groups excluding carboxylic acids is 2. The van der Waals surface area contributed by atoms with Crippen LogP contribution < -0.4 is 0 Å². The number of oxime groups is 1. The molecule has 0 atom stereocenters. The van der Waals surface area contributed by atoms with Crippen LogP contribution in [0.5, 0.6) is 0 Å². The first-order valence-electron chi connectivity index (χ1n) is 3.75. The van der Waals surface area contributed by atoms with Gasteiger partial charge in [0.15, 0.2) is 17.3 Å². The molecule has 4 nitrogen and oxygen atoms in total. The van der Waals surface area contributed by atoms with Gasteiger partial charge in [-0.1, -0.05) is 19.0 Å². The number of ketones is 2. The van der Waals surface area contributed by atoms with Gasteiger partial charge in [0, 0.05) is 12.8 Å². The van der Waals surface area contributed by atoms with Crippen LogP contribution in [-0.2, 0) is 9.59 Å². The zero-order chi connectivity index (χ0) is 9.35. The van der Waals surface area contributed by atoms with Gasteiger partial charge in [-0.05, 0) is 5.41 Å². The Balaban J connectivity index is 2.93. The van der Waals surface area contributed by atoms with Gasteiger partial charge in [-0.3, -0.25) is 9.59 Å². The fourth-order valence-electron chi connectivity index (χ4n) is 1.37. The van der Waals surface area contributed by atoms with Crippen LogP contribution in [0.15, 0.2) is 5.16 Å². The molecule has 0 aromatic carbocycles. The molecule has 0 aromatic heterocycles. The first-order valence-corrected chi connectivity index (χ1v) is 3.75. The van der Waals surface area contributed by atoms with Crippen molar-refractivity contribution in [2.24, 2.45) is 10.6 Å². The van der Waals surface area contributed by atoms with Crippen LogP contribution in [0.3, 0.4) is 0 Å². The zero-order valence-electron chi connectivity index (χ0n) is 7.13. The average Bonchev–Trinajstić information content (AvgIpc) is 1.82. The van der Waals surface area contributed by atoms with E-state index in [1.165, 1.54) is 0 Å². The normalized spacial score (nSPS) is 22.7. The summed E-state index contributed by atoms with van der Waals surface area (Å²) >= 11 is 0. The molecule has 12 heavy (non-hydrogen) atoms. The predicted molar refractivity (Wildman–Crippen MR) is 42.3 cm³/mol. The molecule has 1 rings (SSSR count). The highest BCUT2D eigenvalue weighted by Gasteiger charge is 2.37. The molecule has 4 heteroatoms. The van der Waals surface area contributed by atoms with Crippen molar-refractivity contribution < 1.29 is 14.8 Å². The minimum atomic E-state index is -0.362. The summed E-state index contributed by atoms with van der Waals surface area (Å²) in [5, 5.41) is 11.0. The summed E-state index contributed by atoms with van der Waals surface area (Å²) in [5.41, 5.74) is -0.586. The Morgan fingerprint density at radius 1 is 1.25 bits per heavy atom. The van der Waals surface area contributed by atoms with Crippen molar-refractivity contribution in [1.82, 2.24) is 0 Å². The maximum Gasteiger partial charge on any atom is 0.188 e. The molecule has 0 amide bonds. The number of Topliss-reactive ketones (excluding diaryl/α,β-unsaturated/α-hetero) is 2. The van der Waals surface area contributed by atoms with Gasteiger partial charge in [0.25, 0.3) is 0 Å². The summed E-state index contributed by atoms with van der Waals surface area (Å²) in [5.74, 6) is -0.725. The Morgan fingerprint density at radius 2 is 1.67 bits per heavy atom. The lowest BCUT2D eigenvalue weighted by atomic mass is 9.75. The molecule has 0 aromatic rings. The van der Waals surface area contributed by atoms with Crippen molar-refractivity contribution in [3.8, 4) is 0 Å². The van der Waals surface area contributed by atoms with Crippen LogP contribution in [0, 0.1) is 5.41 Å². The topological polar surface area (TPSA) is 66.7 Å². The molecule has 1 saturated carbocycles. The molecule has 0 unspecified atom stereocenters. The third kappa shape index (κ3) is 1.52. The second-order valence-electron chi connectivity index (χ2n) is 3.81. The quantitative estimate of drug-likeness (QED) is 0.430. The maximum absolute atomic E-state index is 11.1. The zero-order valence-corrected chi connectivity index (χ0v) is 7.13. The summed E-state index contributed by atoms with van der Waals surface area (Å²) < 4.78 is 0. The Morgan fingerprint density at radius 3 is 2.00 bits per heavy atom. The molecular formula is C8H11NO3. The lowest BCUT2D eigenvalue weighted by Crippen LogP contribution is -2.37.